The zero-order valence-corrected chi connectivity index (χ0v) is 7.56. The molecule has 11 heavy (non-hydrogen) atoms. The molecule has 0 fully saturated rings. The molecule has 0 heterocycles. The molecule has 0 radical (unpaired) electrons. The molecule has 0 bridgehead atoms. The van der Waals surface area contributed by atoms with Crippen LogP contribution < -0.4 is 5.32 Å². The lowest BCUT2D eigenvalue weighted by Gasteiger charge is -2.15. The zero-order chi connectivity index (χ0) is 8.85. The Bertz CT molecular complexity index is 128. The highest BCUT2D eigenvalue weighted by Gasteiger charge is 2.11. The van der Waals surface area contributed by atoms with Crippen molar-refractivity contribution in [3.8, 4) is 0 Å². The minimum atomic E-state index is -1.00. The van der Waals surface area contributed by atoms with E-state index >= 15 is 0 Å². The normalized spacial score (nSPS) is 13.1. The quantitative estimate of drug-likeness (QED) is 0.648. The van der Waals surface area contributed by atoms with Gasteiger partial charge in [-0.3, -0.25) is 0 Å². The van der Waals surface area contributed by atoms with Gasteiger partial charge in [-0.15, -0.1) is 11.6 Å². The molecule has 66 valence electrons. The van der Waals surface area contributed by atoms with Crippen molar-refractivity contribution in [1.82, 2.24) is 5.32 Å². The van der Waals surface area contributed by atoms with Crippen molar-refractivity contribution in [3.63, 3.8) is 0 Å². The van der Waals surface area contributed by atoms with Gasteiger partial charge >= 0.3 is 6.09 Å². The Morgan fingerprint density at radius 3 is 2.45 bits per heavy atom. The number of halogens is 1. The van der Waals surface area contributed by atoms with Gasteiger partial charge < -0.3 is 10.4 Å². The third-order valence-corrected chi connectivity index (χ3v) is 1.64. The summed E-state index contributed by atoms with van der Waals surface area (Å²) in [5, 5.41) is 10.7. The summed E-state index contributed by atoms with van der Waals surface area (Å²) in [5.74, 6) is 0.801. The fourth-order valence-corrected chi connectivity index (χ4v) is 1.11. The highest BCUT2D eigenvalue weighted by atomic mass is 35.5. The summed E-state index contributed by atoms with van der Waals surface area (Å²) in [7, 11) is 0. The SMILES string of the molecule is CC(C)C[C@H](CCl)NC(=O)O. The molecule has 0 aliphatic carbocycles. The molecule has 2 N–H and O–H groups in total. The molecule has 1 atom stereocenters. The maximum atomic E-state index is 10.2. The summed E-state index contributed by atoms with van der Waals surface area (Å²) in [4.78, 5) is 10.2. The van der Waals surface area contributed by atoms with Crippen LogP contribution in [0.15, 0.2) is 0 Å². The van der Waals surface area contributed by atoms with Gasteiger partial charge in [-0.25, -0.2) is 4.79 Å². The van der Waals surface area contributed by atoms with Crippen LogP contribution >= 0.6 is 11.6 Å². The van der Waals surface area contributed by atoms with Crippen LogP contribution in [-0.2, 0) is 0 Å². The molecule has 0 rings (SSSR count). The van der Waals surface area contributed by atoms with E-state index in [9.17, 15) is 4.79 Å². The first kappa shape index (κ1) is 10.6. The first-order valence-corrected chi connectivity index (χ1v) is 4.15. The van der Waals surface area contributed by atoms with Gasteiger partial charge in [-0.05, 0) is 12.3 Å². The average molecular weight is 180 g/mol. The Balaban J connectivity index is 3.66. The summed E-state index contributed by atoms with van der Waals surface area (Å²) >= 11 is 5.53. The monoisotopic (exact) mass is 179 g/mol. The number of alkyl halides is 1. The second kappa shape index (κ2) is 5.24. The fourth-order valence-electron chi connectivity index (χ4n) is 0.904. The number of carbonyl (C=O) groups is 1. The Hall–Kier alpha value is -0.440. The zero-order valence-electron chi connectivity index (χ0n) is 6.80. The number of amides is 1. The molecule has 0 aliphatic heterocycles. The van der Waals surface area contributed by atoms with Crippen molar-refractivity contribution < 1.29 is 9.90 Å². The highest BCUT2D eigenvalue weighted by Crippen LogP contribution is 2.05. The molecule has 1 amide bonds. The molecule has 0 spiro atoms. The predicted molar refractivity (Wildman–Crippen MR) is 45.1 cm³/mol. The van der Waals surface area contributed by atoms with E-state index in [1.165, 1.54) is 0 Å². The van der Waals surface area contributed by atoms with Crippen LogP contribution in [-0.4, -0.2) is 23.1 Å². The summed E-state index contributed by atoms with van der Waals surface area (Å²) in [6, 6.07) is -0.117. The minimum absolute atomic E-state index is 0.117. The third kappa shape index (κ3) is 5.98. The lowest BCUT2D eigenvalue weighted by Crippen LogP contribution is -2.35. The van der Waals surface area contributed by atoms with E-state index in [0.29, 0.717) is 11.8 Å². The van der Waals surface area contributed by atoms with Crippen molar-refractivity contribution in [2.45, 2.75) is 26.3 Å². The van der Waals surface area contributed by atoms with E-state index in [1.54, 1.807) is 0 Å². The van der Waals surface area contributed by atoms with E-state index in [-0.39, 0.29) is 6.04 Å². The largest absolute Gasteiger partial charge is 0.465 e. The fraction of sp³-hybridized carbons (Fsp3) is 0.857. The molecular formula is C7H14ClNO2. The van der Waals surface area contributed by atoms with E-state index in [0.717, 1.165) is 6.42 Å². The molecule has 0 unspecified atom stereocenters. The van der Waals surface area contributed by atoms with E-state index in [2.05, 4.69) is 5.32 Å². The van der Waals surface area contributed by atoms with Gasteiger partial charge in [0.25, 0.3) is 0 Å². The summed E-state index contributed by atoms with van der Waals surface area (Å²) in [5.41, 5.74) is 0. The maximum absolute atomic E-state index is 10.2. The first-order valence-electron chi connectivity index (χ1n) is 3.61. The van der Waals surface area contributed by atoms with Crippen LogP contribution in [0.25, 0.3) is 0 Å². The van der Waals surface area contributed by atoms with Crippen LogP contribution in [0.5, 0.6) is 0 Å². The van der Waals surface area contributed by atoms with Gasteiger partial charge in [0.2, 0.25) is 0 Å². The van der Waals surface area contributed by atoms with E-state index in [1.807, 2.05) is 13.8 Å². The summed E-state index contributed by atoms with van der Waals surface area (Å²) < 4.78 is 0. The number of hydrogen-bond donors (Lipinski definition) is 2. The predicted octanol–water partition coefficient (Wildman–Crippen LogP) is 1.91. The van der Waals surface area contributed by atoms with Gasteiger partial charge in [0.15, 0.2) is 0 Å². The molecule has 0 aromatic carbocycles. The Labute approximate surface area is 71.7 Å². The van der Waals surface area contributed by atoms with Crippen molar-refractivity contribution in [2.24, 2.45) is 5.92 Å². The molecule has 0 saturated heterocycles. The van der Waals surface area contributed by atoms with Crippen LogP contribution in [0.4, 0.5) is 4.79 Å². The lowest BCUT2D eigenvalue weighted by molar-refractivity contribution is 0.189. The van der Waals surface area contributed by atoms with Gasteiger partial charge in [-0.2, -0.15) is 0 Å². The number of carboxylic acid groups (broad SMARTS) is 1. The summed E-state index contributed by atoms with van der Waals surface area (Å²) in [6.07, 6.45) is -0.216. The molecule has 0 aromatic rings. The number of hydrogen-bond acceptors (Lipinski definition) is 1. The van der Waals surface area contributed by atoms with E-state index in [4.69, 9.17) is 16.7 Å². The minimum Gasteiger partial charge on any atom is -0.465 e. The molecule has 0 aliphatic rings. The number of nitrogens with one attached hydrogen (secondary N) is 1. The first-order chi connectivity index (χ1) is 5.06. The second-order valence-electron chi connectivity index (χ2n) is 2.93. The average Bonchev–Trinajstić information content (AvgIpc) is 1.84. The van der Waals surface area contributed by atoms with Crippen LogP contribution in [0.1, 0.15) is 20.3 Å². The standard InChI is InChI=1S/C7H14ClNO2/c1-5(2)3-6(4-8)9-7(10)11/h5-6,9H,3-4H2,1-2H3,(H,10,11)/t6-/m1/s1. The lowest BCUT2D eigenvalue weighted by atomic mass is 10.1. The molecular weight excluding hydrogens is 166 g/mol. The highest BCUT2D eigenvalue weighted by molar-refractivity contribution is 6.18. The Morgan fingerprint density at radius 1 is 1.64 bits per heavy atom. The van der Waals surface area contributed by atoms with Crippen molar-refractivity contribution in [2.75, 3.05) is 5.88 Å². The van der Waals surface area contributed by atoms with Crippen LogP contribution in [0.2, 0.25) is 0 Å². The van der Waals surface area contributed by atoms with E-state index < -0.39 is 6.09 Å². The third-order valence-electron chi connectivity index (χ3n) is 1.27. The van der Waals surface area contributed by atoms with Gasteiger partial charge in [0.05, 0.1) is 0 Å². The molecule has 4 heteroatoms. The van der Waals surface area contributed by atoms with Crippen molar-refractivity contribution in [1.29, 1.82) is 0 Å². The molecule has 0 aromatic heterocycles. The Kier molecular flexibility index (Phi) is 5.03. The van der Waals surface area contributed by atoms with Crippen molar-refractivity contribution >= 4 is 17.7 Å². The summed E-state index contributed by atoms with van der Waals surface area (Å²) in [6.45, 7) is 4.06. The van der Waals surface area contributed by atoms with Crippen molar-refractivity contribution in [3.05, 3.63) is 0 Å². The van der Waals surface area contributed by atoms with Gasteiger partial charge in [0.1, 0.15) is 0 Å². The van der Waals surface area contributed by atoms with Gasteiger partial charge in [0, 0.05) is 11.9 Å². The van der Waals surface area contributed by atoms with Crippen LogP contribution in [0, 0.1) is 5.92 Å². The Morgan fingerprint density at radius 2 is 2.18 bits per heavy atom. The maximum Gasteiger partial charge on any atom is 0.404 e. The van der Waals surface area contributed by atoms with Gasteiger partial charge in [-0.1, -0.05) is 13.8 Å². The molecule has 3 nitrogen and oxygen atoms in total. The second-order valence-corrected chi connectivity index (χ2v) is 3.24. The topological polar surface area (TPSA) is 49.3 Å². The molecule has 0 saturated carbocycles. The number of rotatable bonds is 4. The van der Waals surface area contributed by atoms with Crippen LogP contribution in [0.3, 0.4) is 0 Å². The smallest absolute Gasteiger partial charge is 0.404 e.